The van der Waals surface area contributed by atoms with E-state index in [1.165, 1.54) is 89.9 Å². The molecule has 52 heavy (non-hydrogen) atoms. The summed E-state index contributed by atoms with van der Waals surface area (Å²) in [5, 5.41) is 11.0. The number of rotatable bonds is 4. The first kappa shape index (κ1) is 30.1. The fourth-order valence-corrected chi connectivity index (χ4v) is 14.1. The molecule has 1 aliphatic heterocycles. The van der Waals surface area contributed by atoms with Gasteiger partial charge in [-0.3, -0.25) is 0 Å². The topological polar surface area (TPSA) is 3.24 Å². The Hall–Kier alpha value is -5.52. The molecular formula is C48H33NS2Si. The van der Waals surface area contributed by atoms with Gasteiger partial charge in [0.25, 0.3) is 0 Å². The van der Waals surface area contributed by atoms with E-state index in [4.69, 9.17) is 0 Å². The summed E-state index contributed by atoms with van der Waals surface area (Å²) >= 11 is 3.81. The highest BCUT2D eigenvalue weighted by molar-refractivity contribution is 7.26. The van der Waals surface area contributed by atoms with Crippen LogP contribution in [0.1, 0.15) is 0 Å². The van der Waals surface area contributed by atoms with Crippen molar-refractivity contribution in [2.24, 2.45) is 0 Å². The third-order valence-electron chi connectivity index (χ3n) is 11.3. The Kier molecular flexibility index (Phi) is 6.51. The molecule has 0 saturated heterocycles. The standard InChI is InChI=1S/C48H33NS2Si/c1-52(2)44-27-26-43-46(38-13-6-8-17-42(38)50-43)47(44)39-25-24-35(29-45(39)52)49(40-15-9-14-37-36-12-5-7-16-41(36)51-48(37)40)34-22-20-31(21-23-34)33-19-18-30-10-3-4-11-32(30)28-33/h3-29H,1-2H3. The van der Waals surface area contributed by atoms with Crippen molar-refractivity contribution in [1.29, 1.82) is 0 Å². The third kappa shape index (κ3) is 4.38. The Morgan fingerprint density at radius 2 is 1.15 bits per heavy atom. The van der Waals surface area contributed by atoms with Gasteiger partial charge in [-0.25, -0.2) is 0 Å². The molecule has 11 rings (SSSR count). The summed E-state index contributed by atoms with van der Waals surface area (Å²) in [6, 6.07) is 61.3. The number of hydrogen-bond donors (Lipinski definition) is 0. The highest BCUT2D eigenvalue weighted by atomic mass is 32.1. The molecule has 0 bridgehead atoms. The summed E-state index contributed by atoms with van der Waals surface area (Å²) in [7, 11) is -2.01. The minimum Gasteiger partial charge on any atom is -0.309 e. The van der Waals surface area contributed by atoms with Gasteiger partial charge in [0.2, 0.25) is 0 Å². The molecule has 0 saturated carbocycles. The summed E-state index contributed by atoms with van der Waals surface area (Å²) in [4.78, 5) is 2.51. The molecule has 0 unspecified atom stereocenters. The SMILES string of the molecule is C[Si]1(C)c2cc(N(c3ccc(-c4ccc5ccccc5c4)cc3)c3cccc4c3sc3ccccc34)ccc2-c2c1ccc1sc3ccccc3c21. The number of nitrogens with zero attached hydrogens (tertiary/aromatic N) is 1. The van der Waals surface area contributed by atoms with E-state index in [-0.39, 0.29) is 0 Å². The second kappa shape index (κ2) is 11.2. The van der Waals surface area contributed by atoms with Gasteiger partial charge in [0.05, 0.1) is 10.4 Å². The predicted molar refractivity (Wildman–Crippen MR) is 232 cm³/mol. The van der Waals surface area contributed by atoms with Crippen LogP contribution < -0.4 is 15.3 Å². The third-order valence-corrected chi connectivity index (χ3v) is 17.1. The van der Waals surface area contributed by atoms with E-state index in [1.54, 1.807) is 5.19 Å². The molecule has 1 nitrogen and oxygen atoms in total. The average molecular weight is 716 g/mol. The van der Waals surface area contributed by atoms with E-state index in [0.717, 1.165) is 5.69 Å². The maximum absolute atomic E-state index is 2.54. The van der Waals surface area contributed by atoms with E-state index in [1.807, 2.05) is 22.7 Å². The van der Waals surface area contributed by atoms with Crippen LogP contribution in [0.25, 0.3) is 73.4 Å². The van der Waals surface area contributed by atoms with Gasteiger partial charge in [0.1, 0.15) is 8.07 Å². The minimum absolute atomic E-state index is 1.16. The first-order valence-electron chi connectivity index (χ1n) is 17.9. The van der Waals surface area contributed by atoms with Crippen molar-refractivity contribution in [2.75, 3.05) is 4.90 Å². The second-order valence-corrected chi connectivity index (χ2v) is 21.0. The van der Waals surface area contributed by atoms with Crippen molar-refractivity contribution in [1.82, 2.24) is 0 Å². The quantitative estimate of drug-likeness (QED) is 0.164. The van der Waals surface area contributed by atoms with E-state index < -0.39 is 8.07 Å². The molecule has 0 fully saturated rings. The smallest absolute Gasteiger partial charge is 0.113 e. The lowest BCUT2D eigenvalue weighted by atomic mass is 9.99. The van der Waals surface area contributed by atoms with Crippen LogP contribution in [0.4, 0.5) is 17.1 Å². The summed E-state index contributed by atoms with van der Waals surface area (Å²) in [5.74, 6) is 0. The molecule has 0 spiro atoms. The summed E-state index contributed by atoms with van der Waals surface area (Å²) in [5.41, 5.74) is 8.93. The largest absolute Gasteiger partial charge is 0.309 e. The van der Waals surface area contributed by atoms with Gasteiger partial charge in [-0.05, 0) is 98.0 Å². The maximum Gasteiger partial charge on any atom is 0.113 e. The number of anilines is 3. The van der Waals surface area contributed by atoms with Crippen LogP contribution in [0, 0.1) is 0 Å². The van der Waals surface area contributed by atoms with Gasteiger partial charge in [-0.15, -0.1) is 22.7 Å². The lowest BCUT2D eigenvalue weighted by Crippen LogP contribution is -2.49. The van der Waals surface area contributed by atoms with Crippen molar-refractivity contribution in [3.8, 4) is 22.3 Å². The predicted octanol–water partition coefficient (Wildman–Crippen LogP) is 13.5. The van der Waals surface area contributed by atoms with Gasteiger partial charge in [0, 0.05) is 47.0 Å². The lowest BCUT2D eigenvalue weighted by molar-refractivity contribution is 1.30. The van der Waals surface area contributed by atoms with Gasteiger partial charge >= 0.3 is 0 Å². The molecule has 0 N–H and O–H groups in total. The van der Waals surface area contributed by atoms with Crippen LogP contribution >= 0.6 is 22.7 Å². The first-order valence-corrected chi connectivity index (χ1v) is 22.6. The first-order chi connectivity index (χ1) is 25.5. The minimum atomic E-state index is -2.01. The molecule has 0 amide bonds. The van der Waals surface area contributed by atoms with Gasteiger partial charge in [-0.1, -0.05) is 122 Å². The lowest BCUT2D eigenvalue weighted by Gasteiger charge is -2.28. The zero-order chi connectivity index (χ0) is 34.6. The fraction of sp³-hybridized carbons (Fsp3) is 0.0417. The van der Waals surface area contributed by atoms with Crippen LogP contribution in [-0.2, 0) is 0 Å². The van der Waals surface area contributed by atoms with Gasteiger partial charge in [-0.2, -0.15) is 0 Å². The Morgan fingerprint density at radius 3 is 2.00 bits per heavy atom. The molecule has 4 heteroatoms. The summed E-state index contributed by atoms with van der Waals surface area (Å²) in [6.45, 7) is 5.08. The molecule has 10 aromatic rings. The van der Waals surface area contributed by atoms with Gasteiger partial charge in [0.15, 0.2) is 0 Å². The molecule has 0 aliphatic carbocycles. The Bertz CT molecular complexity index is 3060. The summed E-state index contributed by atoms with van der Waals surface area (Å²) in [6.07, 6.45) is 0. The highest BCUT2D eigenvalue weighted by Crippen LogP contribution is 2.47. The second-order valence-electron chi connectivity index (χ2n) is 14.5. The van der Waals surface area contributed by atoms with E-state index in [2.05, 4.69) is 182 Å². The maximum atomic E-state index is 2.54. The number of thiophene rings is 2. The Labute approximate surface area is 311 Å². The van der Waals surface area contributed by atoms with E-state index in [0.29, 0.717) is 0 Å². The van der Waals surface area contributed by atoms with Crippen LogP contribution in [0.3, 0.4) is 0 Å². The van der Waals surface area contributed by atoms with Crippen LogP contribution in [0.15, 0.2) is 164 Å². The van der Waals surface area contributed by atoms with Crippen molar-refractivity contribution < 1.29 is 0 Å². The Balaban J connectivity index is 1.11. The van der Waals surface area contributed by atoms with Crippen molar-refractivity contribution in [2.45, 2.75) is 13.1 Å². The van der Waals surface area contributed by atoms with Crippen LogP contribution in [-0.4, -0.2) is 8.07 Å². The van der Waals surface area contributed by atoms with Crippen LogP contribution in [0.2, 0.25) is 13.1 Å². The normalized spacial score (nSPS) is 13.3. The van der Waals surface area contributed by atoms with Crippen LogP contribution in [0.5, 0.6) is 0 Å². The molecule has 0 atom stereocenters. The van der Waals surface area contributed by atoms with Crippen molar-refractivity contribution in [3.63, 3.8) is 0 Å². The zero-order valence-corrected chi connectivity index (χ0v) is 31.5. The summed E-state index contributed by atoms with van der Waals surface area (Å²) < 4.78 is 5.38. The zero-order valence-electron chi connectivity index (χ0n) is 28.9. The number of hydrogen-bond acceptors (Lipinski definition) is 3. The number of benzene rings is 8. The number of fused-ring (bicyclic) bond motifs is 11. The molecule has 8 aromatic carbocycles. The fourth-order valence-electron chi connectivity index (χ4n) is 8.68. The van der Waals surface area contributed by atoms with Gasteiger partial charge < -0.3 is 4.90 Å². The molecule has 0 radical (unpaired) electrons. The molecule has 3 heterocycles. The Morgan fingerprint density at radius 1 is 0.462 bits per heavy atom. The molecule has 2 aromatic heterocycles. The highest BCUT2D eigenvalue weighted by Gasteiger charge is 2.39. The van der Waals surface area contributed by atoms with E-state index in [9.17, 15) is 0 Å². The van der Waals surface area contributed by atoms with E-state index >= 15 is 0 Å². The molecule has 1 aliphatic rings. The van der Waals surface area contributed by atoms with Crippen molar-refractivity contribution in [3.05, 3.63) is 164 Å². The monoisotopic (exact) mass is 715 g/mol. The molecule has 246 valence electrons. The molecular weight excluding hydrogens is 683 g/mol. The van der Waals surface area contributed by atoms with Crippen molar-refractivity contribution >= 4 is 109 Å². The average Bonchev–Trinajstić information content (AvgIpc) is 3.83.